The minimum atomic E-state index is -1.05. The van der Waals surface area contributed by atoms with Crippen molar-refractivity contribution in [2.24, 2.45) is 0 Å². The highest BCUT2D eigenvalue weighted by molar-refractivity contribution is 9.10. The molecule has 1 N–H and O–H groups in total. The van der Waals surface area contributed by atoms with Gasteiger partial charge in [-0.15, -0.1) is 0 Å². The third-order valence-corrected chi connectivity index (χ3v) is 2.50. The summed E-state index contributed by atoms with van der Waals surface area (Å²) in [7, 11) is 0. The maximum atomic E-state index is 10.8. The Labute approximate surface area is 105 Å². The quantitative estimate of drug-likeness (QED) is 0.942. The number of pyridine rings is 2. The fourth-order valence-electron chi connectivity index (χ4n) is 1.15. The predicted octanol–water partition coefficient (Wildman–Crippen LogP) is 2.73. The third-order valence-electron chi connectivity index (χ3n) is 1.90. The summed E-state index contributed by atoms with van der Waals surface area (Å²) in [6, 6.07) is 4.91. The van der Waals surface area contributed by atoms with Gasteiger partial charge in [0.25, 0.3) is 0 Å². The van der Waals surface area contributed by atoms with Crippen LogP contribution in [0.4, 0.5) is 0 Å². The molecule has 86 valence electrons. The number of nitrogens with zero attached hydrogens (tertiary/aromatic N) is 2. The molecule has 2 aromatic rings. The van der Waals surface area contributed by atoms with Crippen molar-refractivity contribution in [2.45, 2.75) is 0 Å². The molecule has 2 rings (SSSR count). The number of carbonyl (C=O) groups is 1. The van der Waals surface area contributed by atoms with Gasteiger partial charge in [-0.05, 0) is 34.1 Å². The lowest BCUT2D eigenvalue weighted by atomic mass is 10.3. The van der Waals surface area contributed by atoms with Crippen molar-refractivity contribution < 1.29 is 14.6 Å². The van der Waals surface area contributed by atoms with Crippen LogP contribution in [0, 0.1) is 0 Å². The zero-order valence-electron chi connectivity index (χ0n) is 8.50. The second kappa shape index (κ2) is 4.92. The fourth-order valence-corrected chi connectivity index (χ4v) is 1.49. The maximum absolute atomic E-state index is 10.8. The molecule has 17 heavy (non-hydrogen) atoms. The van der Waals surface area contributed by atoms with Crippen LogP contribution in [0.2, 0.25) is 0 Å². The van der Waals surface area contributed by atoms with Gasteiger partial charge in [-0.25, -0.2) is 9.78 Å². The van der Waals surface area contributed by atoms with Gasteiger partial charge in [0.05, 0.1) is 16.2 Å². The van der Waals surface area contributed by atoms with E-state index in [2.05, 4.69) is 25.9 Å². The molecule has 0 spiro atoms. The van der Waals surface area contributed by atoms with Crippen LogP contribution in [0.5, 0.6) is 11.6 Å². The molecule has 0 radical (unpaired) electrons. The number of carboxylic acid groups (broad SMARTS) is 1. The summed E-state index contributed by atoms with van der Waals surface area (Å²) in [6.45, 7) is 0. The van der Waals surface area contributed by atoms with E-state index < -0.39 is 5.97 Å². The molecule has 0 bridgehead atoms. The van der Waals surface area contributed by atoms with Gasteiger partial charge in [-0.2, -0.15) is 0 Å². The van der Waals surface area contributed by atoms with Gasteiger partial charge in [0, 0.05) is 12.4 Å². The summed E-state index contributed by atoms with van der Waals surface area (Å²) in [5.41, 5.74) is 0.0644. The van der Waals surface area contributed by atoms with Crippen molar-refractivity contribution in [1.29, 1.82) is 0 Å². The molecule has 0 amide bonds. The van der Waals surface area contributed by atoms with E-state index in [0.29, 0.717) is 16.1 Å². The average Bonchev–Trinajstić information content (AvgIpc) is 2.32. The Morgan fingerprint density at radius 2 is 2.24 bits per heavy atom. The highest BCUT2D eigenvalue weighted by Gasteiger charge is 2.07. The molecular weight excluding hydrogens is 288 g/mol. The molecule has 0 aliphatic rings. The van der Waals surface area contributed by atoms with Crippen molar-refractivity contribution in [3.8, 4) is 11.6 Å². The summed E-state index contributed by atoms with van der Waals surface area (Å²) in [4.78, 5) is 18.5. The van der Waals surface area contributed by atoms with Crippen LogP contribution in [0.15, 0.2) is 41.3 Å². The molecule has 5 nitrogen and oxygen atoms in total. The summed E-state index contributed by atoms with van der Waals surface area (Å²) >= 11 is 3.28. The van der Waals surface area contributed by atoms with Crippen LogP contribution < -0.4 is 4.74 Å². The van der Waals surface area contributed by atoms with E-state index in [0.717, 1.165) is 0 Å². The van der Waals surface area contributed by atoms with Crippen molar-refractivity contribution in [2.75, 3.05) is 0 Å². The number of aromatic carboxylic acids is 1. The standard InChI is InChI=1S/C11H7BrN2O3/c12-9-2-1-3-14-10(9)17-8-4-7(11(15)16)5-13-6-8/h1-6H,(H,15,16). The molecule has 0 saturated heterocycles. The molecule has 2 heterocycles. The number of hydrogen-bond acceptors (Lipinski definition) is 4. The van der Waals surface area contributed by atoms with Crippen LogP contribution in [0.1, 0.15) is 10.4 Å². The second-order valence-electron chi connectivity index (χ2n) is 3.11. The summed E-state index contributed by atoms with van der Waals surface area (Å²) in [6.07, 6.45) is 4.25. The Morgan fingerprint density at radius 1 is 1.41 bits per heavy atom. The predicted molar refractivity (Wildman–Crippen MR) is 63.2 cm³/mol. The second-order valence-corrected chi connectivity index (χ2v) is 3.96. The molecule has 0 aliphatic heterocycles. The van der Waals surface area contributed by atoms with E-state index in [1.54, 1.807) is 18.3 Å². The van der Waals surface area contributed by atoms with Crippen LogP contribution in [0.3, 0.4) is 0 Å². The fraction of sp³-hybridized carbons (Fsp3) is 0. The summed E-state index contributed by atoms with van der Waals surface area (Å²) in [5, 5.41) is 8.81. The minimum absolute atomic E-state index is 0.0644. The average molecular weight is 295 g/mol. The van der Waals surface area contributed by atoms with Crippen LogP contribution in [-0.2, 0) is 0 Å². The van der Waals surface area contributed by atoms with Gasteiger partial charge in [0.2, 0.25) is 5.88 Å². The van der Waals surface area contributed by atoms with Gasteiger partial charge >= 0.3 is 5.97 Å². The Kier molecular flexibility index (Phi) is 3.34. The normalized spacial score (nSPS) is 9.94. The van der Waals surface area contributed by atoms with E-state index in [9.17, 15) is 4.79 Å². The van der Waals surface area contributed by atoms with Gasteiger partial charge in [0.1, 0.15) is 5.75 Å². The molecule has 0 aromatic carbocycles. The highest BCUT2D eigenvalue weighted by atomic mass is 79.9. The summed E-state index contributed by atoms with van der Waals surface area (Å²) < 4.78 is 6.10. The van der Waals surface area contributed by atoms with Crippen molar-refractivity contribution in [3.05, 3.63) is 46.8 Å². The van der Waals surface area contributed by atoms with E-state index in [1.165, 1.54) is 18.5 Å². The number of carboxylic acids is 1. The monoisotopic (exact) mass is 294 g/mol. The van der Waals surface area contributed by atoms with Gasteiger partial charge in [-0.3, -0.25) is 4.98 Å². The molecule has 0 fully saturated rings. The Balaban J connectivity index is 2.28. The molecule has 0 unspecified atom stereocenters. The molecule has 2 aromatic heterocycles. The maximum Gasteiger partial charge on any atom is 0.337 e. The molecular formula is C11H7BrN2O3. The van der Waals surface area contributed by atoms with Crippen molar-refractivity contribution >= 4 is 21.9 Å². The first-order valence-electron chi connectivity index (χ1n) is 4.63. The SMILES string of the molecule is O=C(O)c1cncc(Oc2ncccc2Br)c1. The number of rotatable bonds is 3. The highest BCUT2D eigenvalue weighted by Crippen LogP contribution is 2.26. The lowest BCUT2D eigenvalue weighted by molar-refractivity contribution is 0.0696. The van der Waals surface area contributed by atoms with Crippen LogP contribution in [-0.4, -0.2) is 21.0 Å². The van der Waals surface area contributed by atoms with E-state index >= 15 is 0 Å². The van der Waals surface area contributed by atoms with E-state index in [1.807, 2.05) is 0 Å². The molecule has 0 atom stereocenters. The third kappa shape index (κ3) is 2.79. The van der Waals surface area contributed by atoms with E-state index in [-0.39, 0.29) is 5.56 Å². The number of aromatic nitrogens is 2. The van der Waals surface area contributed by atoms with Gasteiger partial charge in [-0.1, -0.05) is 0 Å². The smallest absolute Gasteiger partial charge is 0.337 e. The van der Waals surface area contributed by atoms with Crippen molar-refractivity contribution in [1.82, 2.24) is 9.97 Å². The van der Waals surface area contributed by atoms with Gasteiger partial charge < -0.3 is 9.84 Å². The Hall–Kier alpha value is -1.95. The minimum Gasteiger partial charge on any atom is -0.478 e. The lowest BCUT2D eigenvalue weighted by Crippen LogP contribution is -1.98. The lowest BCUT2D eigenvalue weighted by Gasteiger charge is -2.05. The Bertz CT molecular complexity index is 560. The van der Waals surface area contributed by atoms with Gasteiger partial charge in [0.15, 0.2) is 0 Å². The van der Waals surface area contributed by atoms with Crippen LogP contribution >= 0.6 is 15.9 Å². The Morgan fingerprint density at radius 3 is 2.94 bits per heavy atom. The molecule has 6 heteroatoms. The molecule has 0 saturated carbocycles. The number of ether oxygens (including phenoxy) is 1. The zero-order chi connectivity index (χ0) is 12.3. The summed E-state index contributed by atoms with van der Waals surface area (Å²) in [5.74, 6) is -0.371. The largest absolute Gasteiger partial charge is 0.478 e. The zero-order valence-corrected chi connectivity index (χ0v) is 10.1. The first kappa shape index (κ1) is 11.5. The van der Waals surface area contributed by atoms with Crippen molar-refractivity contribution in [3.63, 3.8) is 0 Å². The molecule has 0 aliphatic carbocycles. The first-order chi connectivity index (χ1) is 8.16. The number of hydrogen-bond donors (Lipinski definition) is 1. The number of halogens is 1. The topological polar surface area (TPSA) is 72.3 Å². The van der Waals surface area contributed by atoms with E-state index in [4.69, 9.17) is 9.84 Å². The van der Waals surface area contributed by atoms with Crippen LogP contribution in [0.25, 0.3) is 0 Å². The first-order valence-corrected chi connectivity index (χ1v) is 5.43.